The minimum absolute atomic E-state index is 0. The number of aromatic nitrogens is 2. The molecular weight excluding hydrogens is 893 g/mol. The molecule has 356 valence electrons. The molecule has 2 amide bonds. The Morgan fingerprint density at radius 2 is 1.24 bits per heavy atom. The number of anilines is 3. The number of methoxy groups -OCH3 is 1. The lowest BCUT2D eigenvalue weighted by molar-refractivity contribution is -0.286. The van der Waals surface area contributed by atoms with Gasteiger partial charge in [0, 0.05) is 48.2 Å². The number of nitrogens with two attached hydrogens (primary N) is 1. The molecule has 0 unspecified atom stereocenters. The lowest BCUT2D eigenvalue weighted by Gasteiger charge is -2.34. The van der Waals surface area contributed by atoms with E-state index in [1.165, 1.54) is 24.3 Å². The number of ether oxygens (including phenoxy) is 3. The van der Waals surface area contributed by atoms with Crippen molar-refractivity contribution in [3.8, 4) is 28.5 Å². The highest BCUT2D eigenvalue weighted by Crippen LogP contribution is 2.53. The van der Waals surface area contributed by atoms with Crippen molar-refractivity contribution >= 4 is 60.8 Å². The zero-order valence-corrected chi connectivity index (χ0v) is 38.0. The quantitative estimate of drug-likeness (QED) is 0.119. The topological polar surface area (TPSA) is 178 Å². The number of piperazine rings is 1. The van der Waals surface area contributed by atoms with Gasteiger partial charge in [-0.2, -0.15) is 0 Å². The molecule has 2 aromatic heterocycles. The fourth-order valence-electron chi connectivity index (χ4n) is 8.96. The summed E-state index contributed by atoms with van der Waals surface area (Å²) in [6, 6.07) is 37.7. The van der Waals surface area contributed by atoms with Crippen molar-refractivity contribution in [2.75, 3.05) is 55.9 Å². The number of hydrogen-bond donors (Lipinski definition) is 3. The van der Waals surface area contributed by atoms with Crippen LogP contribution in [0.4, 0.5) is 26.2 Å². The molecule has 0 radical (unpaired) electrons. The molecule has 17 heteroatoms. The van der Waals surface area contributed by atoms with Crippen LogP contribution in [0.3, 0.4) is 0 Å². The molecule has 68 heavy (non-hydrogen) atoms. The van der Waals surface area contributed by atoms with Crippen LogP contribution in [-0.4, -0.2) is 81.7 Å². The van der Waals surface area contributed by atoms with Crippen LogP contribution in [0.5, 0.6) is 17.2 Å². The number of pyridine rings is 2. The maximum absolute atomic E-state index is 13.4. The number of carbonyl (C=O) groups excluding carboxylic acids is 2. The Hall–Kier alpha value is -7.21. The minimum Gasteiger partial charge on any atom is -0.497 e. The normalized spacial score (nSPS) is 17.5. The number of amides is 2. The highest BCUT2D eigenvalue weighted by Gasteiger charge is 2.53. The van der Waals surface area contributed by atoms with Gasteiger partial charge in [-0.1, -0.05) is 78.9 Å². The molecule has 0 spiro atoms. The first-order valence-corrected chi connectivity index (χ1v) is 23.7. The average molecular weight is 948 g/mol. The number of benzene rings is 5. The highest BCUT2D eigenvalue weighted by molar-refractivity contribution is 7.89. The van der Waals surface area contributed by atoms with Crippen LogP contribution in [0.25, 0.3) is 32.8 Å². The van der Waals surface area contributed by atoms with Crippen molar-refractivity contribution in [1.82, 2.24) is 14.9 Å². The maximum Gasteiger partial charge on any atom is 0.586 e. The third-order valence-electron chi connectivity index (χ3n) is 13.2. The molecular formula is C51H55F2N7O7S. The van der Waals surface area contributed by atoms with Crippen molar-refractivity contribution in [2.45, 2.75) is 47.7 Å². The summed E-state index contributed by atoms with van der Waals surface area (Å²) in [5.41, 5.74) is 1.40. The molecule has 11 rings (SSSR count). The van der Waals surface area contributed by atoms with E-state index in [-0.39, 0.29) is 33.9 Å². The van der Waals surface area contributed by atoms with Gasteiger partial charge in [-0.3, -0.25) is 9.59 Å². The summed E-state index contributed by atoms with van der Waals surface area (Å²) in [6.07, 6.45) is -0.972. The number of primary sulfonamides is 1. The zero-order valence-electron chi connectivity index (χ0n) is 37.2. The number of nitrogens with one attached hydrogen (secondary N) is 2. The van der Waals surface area contributed by atoms with Crippen LogP contribution in [0.2, 0.25) is 0 Å². The van der Waals surface area contributed by atoms with Crippen LogP contribution in [-0.2, 0) is 30.4 Å². The Kier molecular flexibility index (Phi) is 11.2. The van der Waals surface area contributed by atoms with Crippen LogP contribution in [0.15, 0.2) is 132 Å². The van der Waals surface area contributed by atoms with Crippen LogP contribution >= 0.6 is 0 Å². The number of fused-ring (bicyclic) bond motifs is 3. The third-order valence-corrected chi connectivity index (χ3v) is 14.1. The van der Waals surface area contributed by atoms with Gasteiger partial charge in [0.2, 0.25) is 21.8 Å². The molecule has 0 bridgehead atoms. The smallest absolute Gasteiger partial charge is 0.497 e. The first-order chi connectivity index (χ1) is 32.6. The second-order valence-electron chi connectivity index (χ2n) is 17.6. The number of hydrogen-bond acceptors (Lipinski definition) is 11. The first kappa shape index (κ1) is 44.6. The van der Waals surface area contributed by atoms with Crippen molar-refractivity contribution in [2.24, 2.45) is 5.14 Å². The van der Waals surface area contributed by atoms with Gasteiger partial charge in [-0.05, 0) is 103 Å². The molecule has 1 saturated heterocycles. The number of halogens is 2. The molecule has 7 aromatic rings. The lowest BCUT2D eigenvalue weighted by atomic mass is 9.94. The van der Waals surface area contributed by atoms with E-state index in [9.17, 15) is 26.8 Å². The summed E-state index contributed by atoms with van der Waals surface area (Å²) >= 11 is 0. The maximum atomic E-state index is 13.4. The molecule has 0 atom stereocenters. The summed E-state index contributed by atoms with van der Waals surface area (Å²) < 4.78 is 64.4. The monoisotopic (exact) mass is 947 g/mol. The lowest BCUT2D eigenvalue weighted by Crippen LogP contribution is -2.45. The number of rotatable bonds is 10. The molecule has 4 heterocycles. The van der Waals surface area contributed by atoms with E-state index >= 15 is 0 Å². The number of sulfonamides is 1. The second-order valence-corrected chi connectivity index (χ2v) is 19.2. The van der Waals surface area contributed by atoms with Gasteiger partial charge in [0.1, 0.15) is 23.2 Å². The summed E-state index contributed by atoms with van der Waals surface area (Å²) in [7, 11) is -0.0529. The zero-order chi connectivity index (χ0) is 47.4. The molecule has 2 saturated carbocycles. The molecule has 2 aliphatic heterocycles. The van der Waals surface area contributed by atoms with Gasteiger partial charge in [-0.25, -0.2) is 23.5 Å². The predicted molar refractivity (Wildman–Crippen MR) is 263 cm³/mol. The standard InChI is InChI=1S/C26H19F2N3O5S.C25H28N4O2.4H2/c27-26(28)35-20-10-7-17(14-21(20)36-26)25(11-12-25)24(32)31-22-13-16-3-1-2-4-19(16)23(30-22)15-5-8-18(9-6-15)37(29,33)34;1-28-13-15-29(16-14-28)23-21-6-4-3-5-18(21)17-22(26-23)27-24(30)25(11-12-25)19-7-9-20(31-2)10-8-19;;;;/h1-10,13-14H,11-12H2,(H2,29,33,34)(H,30,31,32);3-10,17H,11-16H2,1-2H3,(H,26,27,30);4*1H. The van der Waals surface area contributed by atoms with Crippen LogP contribution in [0, 0.1) is 0 Å². The van der Waals surface area contributed by atoms with E-state index in [0.29, 0.717) is 41.3 Å². The molecule has 14 nitrogen and oxygen atoms in total. The van der Waals surface area contributed by atoms with E-state index < -0.39 is 27.1 Å². The summed E-state index contributed by atoms with van der Waals surface area (Å²) in [4.78, 5) is 40.9. The predicted octanol–water partition coefficient (Wildman–Crippen LogP) is 9.19. The van der Waals surface area contributed by atoms with Crippen LogP contribution < -0.4 is 34.9 Å². The average Bonchev–Trinajstić information content (AvgIpc) is 4.28. The molecule has 3 fully saturated rings. The van der Waals surface area contributed by atoms with Crippen molar-refractivity contribution in [3.63, 3.8) is 0 Å². The Balaban J connectivity index is 0.000000226. The first-order valence-electron chi connectivity index (χ1n) is 22.2. The Morgan fingerprint density at radius 3 is 1.84 bits per heavy atom. The molecule has 5 aromatic carbocycles. The van der Waals surface area contributed by atoms with Crippen LogP contribution in [0.1, 0.15) is 42.5 Å². The van der Waals surface area contributed by atoms with Crippen molar-refractivity contribution < 1.29 is 46.7 Å². The van der Waals surface area contributed by atoms with Gasteiger partial charge in [0.15, 0.2) is 11.5 Å². The number of carbonyl (C=O) groups is 2. The van der Waals surface area contributed by atoms with Gasteiger partial charge < -0.3 is 34.6 Å². The Labute approximate surface area is 397 Å². The van der Waals surface area contributed by atoms with Crippen molar-refractivity contribution in [1.29, 1.82) is 0 Å². The summed E-state index contributed by atoms with van der Waals surface area (Å²) in [6.45, 7) is 3.88. The van der Waals surface area contributed by atoms with Gasteiger partial charge in [-0.15, -0.1) is 8.78 Å². The van der Waals surface area contributed by atoms with E-state index in [1.54, 1.807) is 31.4 Å². The molecule has 2 aliphatic carbocycles. The fraction of sp³-hybridized carbons (Fsp3) is 0.255. The third kappa shape index (κ3) is 8.75. The van der Waals surface area contributed by atoms with E-state index in [4.69, 9.17) is 14.9 Å². The fourth-order valence-corrected chi connectivity index (χ4v) is 9.48. The van der Waals surface area contributed by atoms with Gasteiger partial charge >= 0.3 is 6.29 Å². The van der Waals surface area contributed by atoms with E-state index in [1.807, 2.05) is 66.7 Å². The summed E-state index contributed by atoms with van der Waals surface area (Å²) in [5, 5.41) is 15.1. The van der Waals surface area contributed by atoms with Gasteiger partial charge in [0.25, 0.3) is 0 Å². The highest BCUT2D eigenvalue weighted by atomic mass is 32.2. The number of likely N-dealkylation sites (N-methyl/N-ethyl adjacent to an activating group) is 1. The van der Waals surface area contributed by atoms with Gasteiger partial charge in [0.05, 0.1) is 28.5 Å². The number of nitrogens with zero attached hydrogens (tertiary/aromatic N) is 4. The second kappa shape index (κ2) is 17.1. The van der Waals surface area contributed by atoms with E-state index in [2.05, 4.69) is 54.1 Å². The minimum atomic E-state index is -3.85. The largest absolute Gasteiger partial charge is 0.586 e. The molecule has 4 aliphatic rings. The van der Waals surface area contributed by atoms with Crippen molar-refractivity contribution in [3.05, 3.63) is 139 Å². The number of alkyl halides is 2. The Bertz CT molecular complexity index is 3230. The summed E-state index contributed by atoms with van der Waals surface area (Å²) in [5.74, 6) is 2.17. The van der Waals surface area contributed by atoms with E-state index in [0.717, 1.165) is 77.7 Å². The molecule has 4 N–H and O–H groups in total. The SMILES string of the molecule is COc1ccc(C2(C(=O)Nc3cc4ccccc4c(N4CCN(C)CC4)n3)CC2)cc1.NS(=O)(=O)c1ccc(-c2nc(NC(=O)C3(c4ccc5c(c4)OC(F)(F)O5)CC3)cc3ccccc23)cc1.[HH].[HH].[HH].[HH]. The Morgan fingerprint density at radius 1 is 0.691 bits per heavy atom.